The Morgan fingerprint density at radius 1 is 0.384 bits per heavy atom. The van der Waals surface area contributed by atoms with Crippen LogP contribution in [0.15, 0.2) is 84.9 Å². The number of carboxylic acid groups (broad SMARTS) is 7. The Bertz CT molecular complexity index is 3120. The third kappa shape index (κ3) is 35.1. The van der Waals surface area contributed by atoms with Crippen molar-refractivity contribution in [2.45, 2.75) is 127 Å². The molecule has 5 unspecified atom stereocenters. The summed E-state index contributed by atoms with van der Waals surface area (Å²) < 4.78 is 0. The lowest BCUT2D eigenvalue weighted by Crippen LogP contribution is -2.55. The summed E-state index contributed by atoms with van der Waals surface area (Å²) in [6.45, 7) is 0.384. The fraction of sp³-hybridized carbons (Fsp3) is 0.515. The van der Waals surface area contributed by atoms with Gasteiger partial charge in [0.2, 0.25) is 35.4 Å². The van der Waals surface area contributed by atoms with Gasteiger partial charge in [-0.15, -0.1) is 0 Å². The molecule has 1 saturated heterocycles. The van der Waals surface area contributed by atoms with Gasteiger partial charge < -0.3 is 78.3 Å². The van der Waals surface area contributed by atoms with Crippen LogP contribution in [-0.4, -0.2) is 260 Å². The van der Waals surface area contributed by atoms with Crippen molar-refractivity contribution in [3.8, 4) is 0 Å². The monoisotopic (exact) mass is 1390 g/mol. The normalized spacial score (nSPS) is 14.4. The molecule has 0 aromatic heterocycles. The first-order valence-electron chi connectivity index (χ1n) is 32.6. The van der Waals surface area contributed by atoms with Crippen LogP contribution >= 0.6 is 0 Å². The van der Waals surface area contributed by atoms with Crippen molar-refractivity contribution in [2.75, 3.05) is 96.9 Å². The number of urea groups is 1. The molecule has 33 nitrogen and oxygen atoms in total. The molecule has 1 aliphatic heterocycles. The predicted molar refractivity (Wildman–Crippen MR) is 355 cm³/mol. The maximum absolute atomic E-state index is 14.1. The lowest BCUT2D eigenvalue weighted by atomic mass is 10.0. The predicted octanol–water partition coefficient (Wildman–Crippen LogP) is -0.129. The van der Waals surface area contributed by atoms with Crippen LogP contribution in [-0.2, 0) is 81.6 Å². The van der Waals surface area contributed by atoms with Crippen molar-refractivity contribution in [1.82, 2.24) is 56.8 Å². The fourth-order valence-electron chi connectivity index (χ4n) is 10.7. The molecule has 5 atom stereocenters. The number of carbonyl (C=O) groups is 14. The zero-order valence-corrected chi connectivity index (χ0v) is 55.1. The number of carboxylic acids is 7. The highest BCUT2D eigenvalue weighted by molar-refractivity contribution is 5.94. The zero-order valence-electron chi connectivity index (χ0n) is 55.1. The number of anilines is 1. The molecular formula is C66H92N12O21. The molecule has 1 heterocycles. The van der Waals surface area contributed by atoms with Crippen LogP contribution in [0, 0.1) is 0 Å². The van der Waals surface area contributed by atoms with E-state index in [2.05, 4.69) is 37.2 Å². The largest absolute Gasteiger partial charge is 0.481 e. The van der Waals surface area contributed by atoms with E-state index in [4.69, 9.17) is 5.11 Å². The average molecular weight is 1390 g/mol. The van der Waals surface area contributed by atoms with E-state index in [-0.39, 0.29) is 90.6 Å². The molecule has 0 spiro atoms. The molecule has 4 rings (SSSR count). The van der Waals surface area contributed by atoms with Gasteiger partial charge >= 0.3 is 47.8 Å². The summed E-state index contributed by atoms with van der Waals surface area (Å²) in [4.78, 5) is 180. The smallest absolute Gasteiger partial charge is 0.326 e. The Hall–Kier alpha value is -10.1. The van der Waals surface area contributed by atoms with Gasteiger partial charge in [0.15, 0.2) is 0 Å². The molecule has 542 valence electrons. The van der Waals surface area contributed by atoms with Gasteiger partial charge in [0, 0.05) is 122 Å². The second kappa shape index (κ2) is 44.7. The summed E-state index contributed by atoms with van der Waals surface area (Å²) in [6.07, 6.45) is 1.39. The SMILES string of the molecule is O=C(O)CCC(NC(=O)NC(CCC(=O)NCCCCCCCC(=O)NC(Cc1ccccc1)C(=O)NC(Cc1ccccc1)C(=O)NCCNC(=O)CCC(=O)Nc1ccc(CC(CN2CCN(CC(=O)O)CCN(CC(=O)O)CC2)N(CC(=O)O)CC(=O)O)cc1)C(=O)O)C(=O)O. The molecule has 33 heteroatoms. The fourth-order valence-corrected chi connectivity index (χ4v) is 10.7. The second-order valence-electron chi connectivity index (χ2n) is 23.9. The van der Waals surface area contributed by atoms with Gasteiger partial charge in [0.25, 0.3) is 0 Å². The van der Waals surface area contributed by atoms with Crippen LogP contribution in [0.25, 0.3) is 0 Å². The third-order valence-corrected chi connectivity index (χ3v) is 15.9. The Morgan fingerprint density at radius 2 is 0.838 bits per heavy atom. The summed E-state index contributed by atoms with van der Waals surface area (Å²) in [6, 6.07) is 17.3. The number of nitrogens with one attached hydrogen (secondary N) is 8. The van der Waals surface area contributed by atoms with E-state index in [0.29, 0.717) is 82.6 Å². The molecule has 8 amide bonds. The molecule has 3 aromatic carbocycles. The van der Waals surface area contributed by atoms with Crippen molar-refractivity contribution < 1.29 is 103 Å². The highest BCUT2D eigenvalue weighted by atomic mass is 16.4. The lowest BCUT2D eigenvalue weighted by Gasteiger charge is -2.35. The van der Waals surface area contributed by atoms with E-state index in [9.17, 15) is 97.8 Å². The number of carbonyl (C=O) groups excluding carboxylic acids is 7. The first-order valence-corrected chi connectivity index (χ1v) is 32.6. The Kier molecular flexibility index (Phi) is 36.7. The molecule has 15 N–H and O–H groups in total. The standard InChI is InChI=1S/C66H92N12O21/c79-53(23-21-49(64(95)96)73-66(99)74-50(65(97)98)22-26-57(83)84)67-27-11-3-1-2-10-16-55(81)71-52(38-45-14-8-5-9-15-45)63(94)72-51(37-44-12-6-4-7-13-44)62(93)69-29-28-68-54(80)24-25-56(82)70-47-19-17-46(18-20-47)36-48(78(42-60(89)90)43-61(91)92)39-75-30-32-76(40-58(85)86)34-35-77(33-31-75)41-59(87)88/h4-9,12-15,17-20,48-52H,1-3,10-11,16,21-43H2,(H,67,79)(H,68,80)(H,69,93)(H,70,82)(H,71,81)(H,72,94)(H,83,84)(H,85,86)(H,87,88)(H,89,90)(H,91,92)(H,95,96)(H,97,98)(H2,73,74,99). The van der Waals surface area contributed by atoms with Crippen molar-refractivity contribution in [3.63, 3.8) is 0 Å². The van der Waals surface area contributed by atoms with Gasteiger partial charge in [-0.25, -0.2) is 14.4 Å². The molecule has 99 heavy (non-hydrogen) atoms. The summed E-state index contributed by atoms with van der Waals surface area (Å²) in [5.41, 5.74) is 2.49. The second-order valence-corrected chi connectivity index (χ2v) is 23.9. The van der Waals surface area contributed by atoms with Crippen LogP contribution < -0.4 is 42.5 Å². The Morgan fingerprint density at radius 3 is 1.35 bits per heavy atom. The van der Waals surface area contributed by atoms with E-state index in [1.165, 1.54) is 4.90 Å². The number of amides is 8. The van der Waals surface area contributed by atoms with Crippen LogP contribution in [0.3, 0.4) is 0 Å². The number of rotatable bonds is 46. The van der Waals surface area contributed by atoms with Crippen LogP contribution in [0.4, 0.5) is 10.5 Å². The first kappa shape index (κ1) is 81.3. The molecule has 3 aromatic rings. The van der Waals surface area contributed by atoms with Crippen molar-refractivity contribution in [2.24, 2.45) is 0 Å². The van der Waals surface area contributed by atoms with Crippen LogP contribution in [0.5, 0.6) is 0 Å². The minimum Gasteiger partial charge on any atom is -0.481 e. The molecule has 1 aliphatic rings. The van der Waals surface area contributed by atoms with Crippen molar-refractivity contribution in [3.05, 3.63) is 102 Å². The number of unbranched alkanes of at least 4 members (excludes halogenated alkanes) is 4. The van der Waals surface area contributed by atoms with E-state index in [1.54, 1.807) is 94.7 Å². The molecule has 0 aliphatic carbocycles. The minimum atomic E-state index is -1.58. The maximum Gasteiger partial charge on any atom is 0.326 e. The van der Waals surface area contributed by atoms with E-state index >= 15 is 0 Å². The van der Waals surface area contributed by atoms with E-state index < -0.39 is 139 Å². The summed E-state index contributed by atoms with van der Waals surface area (Å²) >= 11 is 0. The molecule has 0 bridgehead atoms. The van der Waals surface area contributed by atoms with Gasteiger partial charge in [-0.05, 0) is 60.9 Å². The average Bonchev–Trinajstić information content (AvgIpc) is 1.82. The Labute approximate surface area is 571 Å². The van der Waals surface area contributed by atoms with Crippen LogP contribution in [0.2, 0.25) is 0 Å². The highest BCUT2D eigenvalue weighted by Gasteiger charge is 2.31. The number of benzene rings is 3. The summed E-state index contributed by atoms with van der Waals surface area (Å²) in [7, 11) is 0. The minimum absolute atomic E-state index is 0.0357. The quantitative estimate of drug-likeness (QED) is 0.0328. The number of hydrogen-bond donors (Lipinski definition) is 15. The first-order chi connectivity index (χ1) is 47.2. The topological polar surface area (TPSA) is 490 Å². The lowest BCUT2D eigenvalue weighted by molar-refractivity contribution is -0.144. The number of nitrogens with zero attached hydrogens (tertiary/aromatic N) is 4. The third-order valence-electron chi connectivity index (χ3n) is 15.9. The van der Waals surface area contributed by atoms with Crippen molar-refractivity contribution in [1.29, 1.82) is 0 Å². The van der Waals surface area contributed by atoms with Gasteiger partial charge in [-0.2, -0.15) is 0 Å². The van der Waals surface area contributed by atoms with E-state index in [0.717, 1.165) is 11.1 Å². The molecule has 0 saturated carbocycles. The summed E-state index contributed by atoms with van der Waals surface area (Å²) in [5.74, 6) is -12.0. The van der Waals surface area contributed by atoms with Crippen LogP contribution in [0.1, 0.15) is 93.7 Å². The van der Waals surface area contributed by atoms with Gasteiger partial charge in [-0.1, -0.05) is 92.1 Å². The summed E-state index contributed by atoms with van der Waals surface area (Å²) in [5, 5.41) is 86.8. The highest BCUT2D eigenvalue weighted by Crippen LogP contribution is 2.18. The van der Waals surface area contributed by atoms with Gasteiger partial charge in [0.05, 0.1) is 26.2 Å². The van der Waals surface area contributed by atoms with Gasteiger partial charge in [-0.3, -0.25) is 72.3 Å². The number of hydrogen-bond acceptors (Lipinski definition) is 18. The zero-order chi connectivity index (χ0) is 72.7. The Balaban J connectivity index is 1.24. The maximum atomic E-state index is 14.1. The van der Waals surface area contributed by atoms with Crippen molar-refractivity contribution >= 4 is 88.9 Å². The molecule has 1 fully saturated rings. The number of aliphatic carboxylic acids is 7. The van der Waals surface area contributed by atoms with E-state index in [1.807, 2.05) is 10.2 Å². The molecule has 0 radical (unpaired) electrons. The molecular weight excluding hydrogens is 1300 g/mol. The van der Waals surface area contributed by atoms with Gasteiger partial charge in [0.1, 0.15) is 24.2 Å².